The second-order valence-corrected chi connectivity index (χ2v) is 11.4. The number of pyridine rings is 1. The summed E-state index contributed by atoms with van der Waals surface area (Å²) in [5, 5.41) is 12.5. The largest absolute Gasteiger partial charge is 0.335 e. The van der Waals surface area contributed by atoms with Gasteiger partial charge >= 0.3 is 0 Å². The van der Waals surface area contributed by atoms with Crippen molar-refractivity contribution in [3.63, 3.8) is 0 Å². The third kappa shape index (κ3) is 6.62. The molecule has 2 aromatic carbocycles. The summed E-state index contributed by atoms with van der Waals surface area (Å²) in [5.74, 6) is 1.36. The van der Waals surface area contributed by atoms with E-state index in [4.69, 9.17) is 0 Å². The van der Waals surface area contributed by atoms with Crippen LogP contribution >= 0.6 is 23.1 Å². The van der Waals surface area contributed by atoms with Crippen LogP contribution in [0, 0.1) is 0 Å². The number of aromatic nitrogens is 5. The third-order valence-corrected chi connectivity index (χ3v) is 8.79. The Morgan fingerprint density at radius 3 is 2.39 bits per heavy atom. The molecule has 4 heterocycles. The van der Waals surface area contributed by atoms with Gasteiger partial charge in [-0.3, -0.25) is 19.2 Å². The number of carbonyl (C=O) groups excluding carboxylic acids is 1. The first-order chi connectivity index (χ1) is 20.2. The van der Waals surface area contributed by atoms with Crippen LogP contribution in [-0.2, 0) is 5.75 Å². The maximum absolute atomic E-state index is 13.2. The molecule has 10 heteroatoms. The highest BCUT2D eigenvalue weighted by Crippen LogP contribution is 2.30. The van der Waals surface area contributed by atoms with E-state index in [1.807, 2.05) is 75.5 Å². The van der Waals surface area contributed by atoms with Crippen molar-refractivity contribution < 1.29 is 4.79 Å². The SMILES string of the molecule is O=C(c1csc(CSc2nnc(-c3ccncc3)n2-c2ccccc2)n1)N1CCN(C/C=C/c2ccccc2)CC1. The Balaban J connectivity index is 1.06. The molecule has 5 aromatic rings. The number of hydrogen-bond donors (Lipinski definition) is 0. The molecule has 1 aliphatic heterocycles. The first-order valence-corrected chi connectivity index (χ1v) is 15.3. The van der Waals surface area contributed by atoms with E-state index < -0.39 is 0 Å². The number of para-hydroxylation sites is 1. The van der Waals surface area contributed by atoms with Gasteiger partial charge in [-0.2, -0.15) is 0 Å². The number of thioether (sulfide) groups is 1. The molecule has 0 radical (unpaired) electrons. The van der Waals surface area contributed by atoms with Gasteiger partial charge in [0.25, 0.3) is 5.91 Å². The smallest absolute Gasteiger partial charge is 0.273 e. The van der Waals surface area contributed by atoms with Crippen LogP contribution in [0.2, 0.25) is 0 Å². The Kier molecular flexibility index (Phi) is 8.60. The summed E-state index contributed by atoms with van der Waals surface area (Å²) in [6, 6.07) is 24.2. The van der Waals surface area contributed by atoms with E-state index in [-0.39, 0.29) is 5.91 Å². The zero-order chi connectivity index (χ0) is 27.9. The Hall–Kier alpha value is -4.12. The van der Waals surface area contributed by atoms with E-state index in [2.05, 4.69) is 49.4 Å². The number of benzene rings is 2. The first-order valence-electron chi connectivity index (χ1n) is 13.5. The van der Waals surface area contributed by atoms with Gasteiger partial charge in [0, 0.05) is 61.7 Å². The van der Waals surface area contributed by atoms with Gasteiger partial charge in [-0.15, -0.1) is 21.5 Å². The zero-order valence-corrected chi connectivity index (χ0v) is 24.0. The van der Waals surface area contributed by atoms with E-state index >= 15 is 0 Å². The maximum atomic E-state index is 13.2. The molecule has 1 amide bonds. The molecule has 1 aliphatic rings. The summed E-state index contributed by atoms with van der Waals surface area (Å²) >= 11 is 3.07. The molecule has 6 rings (SSSR count). The van der Waals surface area contributed by atoms with Gasteiger partial charge in [-0.1, -0.05) is 72.4 Å². The lowest BCUT2D eigenvalue weighted by atomic mass is 10.2. The van der Waals surface area contributed by atoms with Crippen molar-refractivity contribution in [2.45, 2.75) is 10.9 Å². The molecular formula is C31H29N7OS2. The predicted molar refractivity (Wildman–Crippen MR) is 164 cm³/mol. The number of rotatable bonds is 9. The van der Waals surface area contributed by atoms with Crippen LogP contribution in [0.15, 0.2) is 102 Å². The quantitative estimate of drug-likeness (QED) is 0.212. The summed E-state index contributed by atoms with van der Waals surface area (Å²) in [6.07, 6.45) is 7.84. The van der Waals surface area contributed by atoms with Crippen molar-refractivity contribution in [2.75, 3.05) is 32.7 Å². The molecule has 0 atom stereocenters. The van der Waals surface area contributed by atoms with Crippen LogP contribution in [0.4, 0.5) is 0 Å². The van der Waals surface area contributed by atoms with Crippen molar-refractivity contribution in [3.8, 4) is 17.1 Å². The minimum atomic E-state index is 0.00408. The van der Waals surface area contributed by atoms with Crippen molar-refractivity contribution >= 4 is 35.1 Å². The third-order valence-electron chi connectivity index (χ3n) is 6.81. The highest BCUT2D eigenvalue weighted by atomic mass is 32.2. The van der Waals surface area contributed by atoms with Gasteiger partial charge in [0.1, 0.15) is 10.7 Å². The van der Waals surface area contributed by atoms with Crippen LogP contribution in [0.25, 0.3) is 23.2 Å². The van der Waals surface area contributed by atoms with Gasteiger partial charge in [0.05, 0.1) is 5.75 Å². The average Bonchev–Trinajstić information content (AvgIpc) is 3.69. The summed E-state index contributed by atoms with van der Waals surface area (Å²) in [7, 11) is 0. The van der Waals surface area contributed by atoms with Gasteiger partial charge in [0.15, 0.2) is 11.0 Å². The van der Waals surface area contributed by atoms with Crippen molar-refractivity contribution in [1.82, 2.24) is 34.5 Å². The van der Waals surface area contributed by atoms with Crippen molar-refractivity contribution in [3.05, 3.63) is 113 Å². The number of thiazole rings is 1. The number of nitrogens with zero attached hydrogens (tertiary/aromatic N) is 7. The Morgan fingerprint density at radius 2 is 1.63 bits per heavy atom. The molecule has 1 saturated heterocycles. The standard InChI is InChI=1S/C31H29N7OS2/c39-30(37-20-18-36(19-21-37)17-7-10-24-8-3-1-4-9-24)27-22-40-28(33-27)23-41-31-35-34-29(25-13-15-32-16-14-25)38(31)26-11-5-2-6-12-26/h1-16,22H,17-21,23H2/b10-7+. The van der Waals surface area contributed by atoms with Crippen molar-refractivity contribution in [2.24, 2.45) is 0 Å². The van der Waals surface area contributed by atoms with Gasteiger partial charge in [-0.25, -0.2) is 4.98 Å². The lowest BCUT2D eigenvalue weighted by Crippen LogP contribution is -2.48. The molecule has 0 bridgehead atoms. The Labute approximate surface area is 247 Å². The summed E-state index contributed by atoms with van der Waals surface area (Å²) in [5.41, 5.74) is 3.65. The van der Waals surface area contributed by atoms with E-state index in [0.29, 0.717) is 24.5 Å². The highest BCUT2D eigenvalue weighted by Gasteiger charge is 2.24. The number of amides is 1. The first kappa shape index (κ1) is 27.1. The summed E-state index contributed by atoms with van der Waals surface area (Å²) in [4.78, 5) is 26.3. The fourth-order valence-electron chi connectivity index (χ4n) is 4.66. The summed E-state index contributed by atoms with van der Waals surface area (Å²) < 4.78 is 2.05. The van der Waals surface area contributed by atoms with E-state index in [0.717, 1.165) is 46.9 Å². The predicted octanol–water partition coefficient (Wildman–Crippen LogP) is 5.55. The van der Waals surface area contributed by atoms with Gasteiger partial charge < -0.3 is 4.90 Å². The van der Waals surface area contributed by atoms with Crippen LogP contribution in [0.3, 0.4) is 0 Å². The van der Waals surface area contributed by atoms with Crippen molar-refractivity contribution in [1.29, 1.82) is 0 Å². The van der Waals surface area contributed by atoms with Crippen LogP contribution in [0.1, 0.15) is 21.1 Å². The van der Waals surface area contributed by atoms with Gasteiger partial charge in [-0.05, 0) is 29.8 Å². The number of carbonyl (C=O) groups is 1. The molecule has 206 valence electrons. The van der Waals surface area contributed by atoms with Crippen LogP contribution in [0.5, 0.6) is 0 Å². The number of piperazine rings is 1. The lowest BCUT2D eigenvalue weighted by Gasteiger charge is -2.33. The molecule has 0 aliphatic carbocycles. The van der Waals surface area contributed by atoms with Crippen LogP contribution < -0.4 is 0 Å². The van der Waals surface area contributed by atoms with Crippen LogP contribution in [-0.4, -0.2) is 73.2 Å². The molecule has 0 spiro atoms. The molecule has 0 N–H and O–H groups in total. The molecular weight excluding hydrogens is 551 g/mol. The summed E-state index contributed by atoms with van der Waals surface area (Å²) in [6.45, 7) is 4.00. The highest BCUT2D eigenvalue weighted by molar-refractivity contribution is 7.98. The molecule has 1 fully saturated rings. The molecule has 0 unspecified atom stereocenters. The maximum Gasteiger partial charge on any atom is 0.273 e. The zero-order valence-electron chi connectivity index (χ0n) is 22.4. The minimum Gasteiger partial charge on any atom is -0.335 e. The fraction of sp³-hybridized carbons (Fsp3) is 0.194. The second-order valence-electron chi connectivity index (χ2n) is 9.53. The molecule has 41 heavy (non-hydrogen) atoms. The average molecular weight is 580 g/mol. The lowest BCUT2D eigenvalue weighted by molar-refractivity contribution is 0.0645. The fourth-order valence-corrected chi connectivity index (χ4v) is 6.40. The molecule has 3 aromatic heterocycles. The minimum absolute atomic E-state index is 0.00408. The van der Waals surface area contributed by atoms with E-state index in [9.17, 15) is 4.79 Å². The van der Waals surface area contributed by atoms with Gasteiger partial charge in [0.2, 0.25) is 0 Å². The second kappa shape index (κ2) is 13.0. The Morgan fingerprint density at radius 1 is 0.902 bits per heavy atom. The van der Waals surface area contributed by atoms with E-state index in [1.165, 1.54) is 16.9 Å². The number of hydrogen-bond acceptors (Lipinski definition) is 8. The normalized spacial score (nSPS) is 14.1. The topological polar surface area (TPSA) is 80.0 Å². The monoisotopic (exact) mass is 579 g/mol. The molecule has 8 nitrogen and oxygen atoms in total. The Bertz CT molecular complexity index is 1600. The van der Waals surface area contributed by atoms with E-state index in [1.54, 1.807) is 24.2 Å². The molecule has 0 saturated carbocycles.